The number of aromatic hydroxyl groups is 2. The van der Waals surface area contributed by atoms with Crippen LogP contribution in [0.15, 0.2) is 66.2 Å². The fourth-order valence-electron chi connectivity index (χ4n) is 10.7. The minimum Gasteiger partial charge on any atom is -0.508 e. The molecule has 7 atom stereocenters. The van der Waals surface area contributed by atoms with Crippen LogP contribution < -0.4 is 4.74 Å². The smallest absolute Gasteiger partial charge is 0.334 e. The Hall–Kier alpha value is -4.95. The number of phenols is 2. The lowest BCUT2D eigenvalue weighted by atomic mass is 9.64. The number of carbonyl (C=O) groups excluding carboxylic acids is 3. The Morgan fingerprint density at radius 1 is 0.898 bits per heavy atom. The van der Waals surface area contributed by atoms with Crippen molar-refractivity contribution < 1.29 is 49.4 Å². The molecule has 2 saturated carbocycles. The molecule has 1 spiro atoms. The number of carbonyl (C=O) groups is 3. The molecular weight excluding hydrogens is 749 g/mol. The largest absolute Gasteiger partial charge is 0.508 e. The van der Waals surface area contributed by atoms with Crippen LogP contribution in [0.1, 0.15) is 129 Å². The van der Waals surface area contributed by atoms with Gasteiger partial charge in [-0.15, -0.1) is 0 Å². The third-order valence-corrected chi connectivity index (χ3v) is 13.9. The molecule has 0 saturated heterocycles. The molecule has 59 heavy (non-hydrogen) atoms. The van der Waals surface area contributed by atoms with E-state index in [1.165, 1.54) is 18.2 Å². The van der Waals surface area contributed by atoms with Gasteiger partial charge < -0.3 is 35.0 Å². The van der Waals surface area contributed by atoms with Crippen molar-refractivity contribution in [2.45, 2.75) is 138 Å². The summed E-state index contributed by atoms with van der Waals surface area (Å²) < 4.78 is 12.2. The Kier molecular flexibility index (Phi) is 11.5. The third kappa shape index (κ3) is 8.05. The maximum absolute atomic E-state index is 15.1. The van der Waals surface area contributed by atoms with Crippen LogP contribution in [0.3, 0.4) is 0 Å². The highest BCUT2D eigenvalue weighted by atomic mass is 16.6. The normalized spacial score (nSPS) is 30.1. The molecule has 310 valence electrons. The third-order valence-electron chi connectivity index (χ3n) is 13.9. The lowest BCUT2D eigenvalue weighted by Gasteiger charge is -2.45. The number of benzene rings is 3. The molecular formula is C49H54O10. The number of rotatable bonds is 4. The van der Waals surface area contributed by atoms with Gasteiger partial charge in [0.15, 0.2) is 0 Å². The van der Waals surface area contributed by atoms with Crippen molar-refractivity contribution in [1.29, 1.82) is 0 Å². The van der Waals surface area contributed by atoms with Gasteiger partial charge in [-0.1, -0.05) is 74.8 Å². The second-order valence-corrected chi connectivity index (χ2v) is 17.6. The Bertz CT molecular complexity index is 2220. The van der Waals surface area contributed by atoms with Crippen LogP contribution in [0, 0.1) is 23.7 Å². The van der Waals surface area contributed by atoms with Gasteiger partial charge in [-0.05, 0) is 103 Å². The van der Waals surface area contributed by atoms with E-state index in [1.807, 2.05) is 25.1 Å². The van der Waals surface area contributed by atoms with Crippen molar-refractivity contribution in [3.8, 4) is 29.1 Å². The van der Waals surface area contributed by atoms with E-state index in [-0.39, 0.29) is 73.2 Å². The van der Waals surface area contributed by atoms with Gasteiger partial charge in [0.05, 0.1) is 25.0 Å². The maximum atomic E-state index is 15.1. The van der Waals surface area contributed by atoms with E-state index in [1.54, 1.807) is 18.2 Å². The number of ether oxygens (including phenoxy) is 2. The first-order chi connectivity index (χ1) is 28.4. The van der Waals surface area contributed by atoms with E-state index < -0.39 is 52.9 Å². The van der Waals surface area contributed by atoms with E-state index in [4.69, 9.17) is 9.47 Å². The predicted molar refractivity (Wildman–Crippen MR) is 219 cm³/mol. The molecule has 5 N–H and O–H groups in total. The van der Waals surface area contributed by atoms with Crippen molar-refractivity contribution >= 4 is 17.7 Å². The number of phenolic OH excluding ortho intramolecular Hbond substituents is 2. The number of aliphatic hydroxyl groups is 3. The lowest BCUT2D eigenvalue weighted by molar-refractivity contribution is -0.176. The van der Waals surface area contributed by atoms with Crippen molar-refractivity contribution in [2.75, 3.05) is 0 Å². The number of Topliss-reactive ketones (excluding diaryl/α,β-unsaturated/α-hetero) is 1. The quantitative estimate of drug-likeness (QED) is 0.106. The highest BCUT2D eigenvalue weighted by Crippen LogP contribution is 2.47. The summed E-state index contributed by atoms with van der Waals surface area (Å²) >= 11 is 0. The van der Waals surface area contributed by atoms with Crippen molar-refractivity contribution in [2.24, 2.45) is 11.8 Å². The molecule has 3 heterocycles. The number of hydrogen-bond acceptors (Lipinski definition) is 10. The van der Waals surface area contributed by atoms with Gasteiger partial charge in [-0.25, -0.2) is 4.79 Å². The summed E-state index contributed by atoms with van der Waals surface area (Å²) in [7, 11) is 0. The fraction of sp³-hybridized carbons (Fsp3) is 0.490. The standard InChI is InChI=1S/C49H54O10/c1-2-13-49(57)38-11-12-41(52)34(21-38)16-29-7-6-8-37(18-29)48(14-4-3-5-15-48)44(54)24-36-20-31(33-17-30(28-50)19-39(51)22-33)9-10-32-26-46(55)58-43-27-42(53)35(23-40(32)43)25-45(49)59-47(36)56/h6-8,17-19,22-24,27,31-32,34,38,44-45,50-51,53-54,57H,2-5,11-16,20-21,25-26,28H2,1H3/b36-24-/t31-,32-,34+,38-,44-,45-,49+/m1/s1. The number of esters is 2. The summed E-state index contributed by atoms with van der Waals surface area (Å²) in [6, 6.07) is 15.9. The molecule has 8 bridgehead atoms. The van der Waals surface area contributed by atoms with Crippen LogP contribution >= 0.6 is 0 Å². The topological polar surface area (TPSA) is 171 Å². The summed E-state index contributed by atoms with van der Waals surface area (Å²) in [5.41, 5.74) is 1.58. The van der Waals surface area contributed by atoms with E-state index in [2.05, 4.69) is 17.9 Å². The van der Waals surface area contributed by atoms with E-state index in [0.717, 1.165) is 30.4 Å². The monoisotopic (exact) mass is 802 g/mol. The van der Waals surface area contributed by atoms with Gasteiger partial charge in [0.25, 0.3) is 0 Å². The van der Waals surface area contributed by atoms with Crippen LogP contribution in [0.25, 0.3) is 0 Å². The second kappa shape index (κ2) is 16.6. The van der Waals surface area contributed by atoms with E-state index >= 15 is 4.79 Å². The molecule has 0 aromatic heterocycles. The average Bonchev–Trinajstić information content (AvgIpc) is 3.22. The zero-order chi connectivity index (χ0) is 41.5. The minimum absolute atomic E-state index is 0.0703. The number of fused-ring (bicyclic) bond motifs is 9. The van der Waals surface area contributed by atoms with E-state index in [0.29, 0.717) is 60.8 Å². The molecule has 3 aliphatic heterocycles. The molecule has 0 amide bonds. The minimum atomic E-state index is -1.62. The fourth-order valence-corrected chi connectivity index (χ4v) is 10.7. The number of aliphatic hydroxyl groups excluding tert-OH is 2. The van der Waals surface area contributed by atoms with E-state index in [9.17, 15) is 35.1 Å². The Morgan fingerprint density at radius 3 is 2.47 bits per heavy atom. The second-order valence-electron chi connectivity index (χ2n) is 17.6. The Morgan fingerprint density at radius 2 is 1.69 bits per heavy atom. The predicted octanol–water partition coefficient (Wildman–Crippen LogP) is 6.89. The first kappa shape index (κ1) is 40.8. The van der Waals surface area contributed by atoms with Crippen molar-refractivity contribution in [3.05, 3.63) is 99.6 Å². The summed E-state index contributed by atoms with van der Waals surface area (Å²) in [5.74, 6) is 3.06. The van der Waals surface area contributed by atoms with Gasteiger partial charge in [0.1, 0.15) is 34.7 Å². The molecule has 2 aliphatic carbocycles. The average molecular weight is 803 g/mol. The molecule has 8 rings (SSSR count). The number of hydrogen-bond donors (Lipinski definition) is 5. The Balaban J connectivity index is 1.37. The summed E-state index contributed by atoms with van der Waals surface area (Å²) in [4.78, 5) is 41.7. The lowest BCUT2D eigenvalue weighted by Crippen LogP contribution is -2.54. The van der Waals surface area contributed by atoms with Gasteiger partial charge in [0, 0.05) is 47.3 Å². The van der Waals surface area contributed by atoms with Crippen LogP contribution in [-0.4, -0.2) is 61.1 Å². The first-order valence-corrected chi connectivity index (χ1v) is 21.3. The molecule has 2 fully saturated rings. The summed E-state index contributed by atoms with van der Waals surface area (Å²) in [5, 5.41) is 58.1. The Labute approximate surface area is 345 Å². The SMILES string of the molecule is CCC[C@]1(O)[C@@H]2CCC(=O)[C@@H](Cc3cccc(c3)C3(CCCCC3)[C@H](O)/C=C3/C[C@H](c4cc(O)cc(CO)c4)C#C[C@@H]4CC(=O)Oc5cc(O)c(cc54)C[C@H]1OC3=O)C2. The van der Waals surface area contributed by atoms with Crippen LogP contribution in [0.4, 0.5) is 0 Å². The zero-order valence-corrected chi connectivity index (χ0v) is 33.6. The molecule has 3 aromatic carbocycles. The van der Waals surface area contributed by atoms with Crippen molar-refractivity contribution in [3.63, 3.8) is 0 Å². The van der Waals surface area contributed by atoms with Gasteiger partial charge >= 0.3 is 11.9 Å². The molecule has 5 aliphatic rings. The number of ketones is 1. The van der Waals surface area contributed by atoms with Crippen molar-refractivity contribution in [1.82, 2.24) is 0 Å². The zero-order valence-electron chi connectivity index (χ0n) is 33.6. The van der Waals surface area contributed by atoms with Gasteiger partial charge in [-0.3, -0.25) is 9.59 Å². The molecule has 10 nitrogen and oxygen atoms in total. The molecule has 10 heteroatoms. The van der Waals surface area contributed by atoms with Crippen LogP contribution in [-0.2, 0) is 44.0 Å². The van der Waals surface area contributed by atoms with Crippen LogP contribution in [0.2, 0.25) is 0 Å². The molecule has 0 unspecified atom stereocenters. The first-order valence-electron chi connectivity index (χ1n) is 21.3. The van der Waals surface area contributed by atoms with Gasteiger partial charge in [-0.2, -0.15) is 0 Å². The molecule has 0 radical (unpaired) electrons. The maximum Gasteiger partial charge on any atom is 0.334 e. The summed E-state index contributed by atoms with van der Waals surface area (Å²) in [6.07, 6.45) is 5.46. The molecule has 3 aromatic rings. The summed E-state index contributed by atoms with van der Waals surface area (Å²) in [6.45, 7) is 1.59. The van der Waals surface area contributed by atoms with Crippen LogP contribution in [0.5, 0.6) is 17.2 Å². The van der Waals surface area contributed by atoms with Gasteiger partial charge in [0.2, 0.25) is 0 Å². The highest BCUT2D eigenvalue weighted by molar-refractivity contribution is 5.89. The highest BCUT2D eigenvalue weighted by Gasteiger charge is 2.49.